The van der Waals surface area contributed by atoms with Crippen LogP contribution in [0.5, 0.6) is 5.75 Å². The van der Waals surface area contributed by atoms with Crippen molar-refractivity contribution in [2.75, 3.05) is 0 Å². The fraction of sp³-hybridized carbons (Fsp3) is 0.455. The molecule has 0 aliphatic carbocycles. The second-order valence-corrected chi connectivity index (χ2v) is 4.33. The molecule has 2 nitrogen and oxygen atoms in total. The molecule has 2 unspecified atom stereocenters. The fourth-order valence-corrected chi connectivity index (χ4v) is 1.25. The molecule has 2 atom stereocenters. The van der Waals surface area contributed by atoms with Gasteiger partial charge in [0.05, 0.1) is 6.10 Å². The molecule has 78 valence electrons. The molecule has 0 radical (unpaired) electrons. The molecule has 0 saturated carbocycles. The molecule has 1 rings (SSSR count). The minimum atomic E-state index is -0.459. The van der Waals surface area contributed by atoms with Crippen LogP contribution >= 0.6 is 15.9 Å². The first-order chi connectivity index (χ1) is 6.50. The standard InChI is InChI=1S/C11H15BrO2/c1-7-6-10(4-5-11(7)12)14-9(3)8(2)13/h4-6,8-9,13H,1-3H3. The van der Waals surface area contributed by atoms with Crippen molar-refractivity contribution < 1.29 is 9.84 Å². The molecule has 1 aromatic carbocycles. The van der Waals surface area contributed by atoms with E-state index in [2.05, 4.69) is 15.9 Å². The molecule has 0 aliphatic heterocycles. The fourth-order valence-electron chi connectivity index (χ4n) is 1.00. The van der Waals surface area contributed by atoms with Crippen LogP contribution in [0, 0.1) is 6.92 Å². The summed E-state index contributed by atoms with van der Waals surface area (Å²) >= 11 is 3.42. The van der Waals surface area contributed by atoms with Crippen molar-refractivity contribution in [3.8, 4) is 5.75 Å². The van der Waals surface area contributed by atoms with Gasteiger partial charge in [0.15, 0.2) is 0 Å². The molecule has 1 aromatic rings. The van der Waals surface area contributed by atoms with Crippen LogP contribution in [0.1, 0.15) is 19.4 Å². The number of rotatable bonds is 3. The Morgan fingerprint density at radius 2 is 2.00 bits per heavy atom. The Morgan fingerprint density at radius 3 is 2.50 bits per heavy atom. The van der Waals surface area contributed by atoms with Gasteiger partial charge in [0.25, 0.3) is 0 Å². The van der Waals surface area contributed by atoms with Gasteiger partial charge in [0.1, 0.15) is 11.9 Å². The van der Waals surface area contributed by atoms with Crippen LogP contribution in [0.25, 0.3) is 0 Å². The van der Waals surface area contributed by atoms with Crippen molar-refractivity contribution in [1.29, 1.82) is 0 Å². The van der Waals surface area contributed by atoms with Crippen LogP contribution in [-0.2, 0) is 0 Å². The molecular weight excluding hydrogens is 244 g/mol. The lowest BCUT2D eigenvalue weighted by Crippen LogP contribution is -2.25. The van der Waals surface area contributed by atoms with Gasteiger partial charge >= 0.3 is 0 Å². The molecule has 3 heteroatoms. The summed E-state index contributed by atoms with van der Waals surface area (Å²) in [5.74, 6) is 0.791. The van der Waals surface area contributed by atoms with Crippen molar-refractivity contribution in [2.45, 2.75) is 33.0 Å². The van der Waals surface area contributed by atoms with Crippen LogP contribution in [0.2, 0.25) is 0 Å². The van der Waals surface area contributed by atoms with Crippen molar-refractivity contribution in [3.63, 3.8) is 0 Å². The molecule has 0 fully saturated rings. The summed E-state index contributed by atoms with van der Waals surface area (Å²) in [5, 5.41) is 9.27. The number of aliphatic hydroxyl groups excluding tert-OH is 1. The van der Waals surface area contributed by atoms with Crippen molar-refractivity contribution in [3.05, 3.63) is 28.2 Å². The zero-order chi connectivity index (χ0) is 10.7. The first-order valence-corrected chi connectivity index (χ1v) is 5.41. The lowest BCUT2D eigenvalue weighted by molar-refractivity contribution is 0.0604. The first kappa shape index (κ1) is 11.5. The van der Waals surface area contributed by atoms with E-state index in [4.69, 9.17) is 4.74 Å². The Hall–Kier alpha value is -0.540. The maximum absolute atomic E-state index is 9.27. The number of ether oxygens (including phenoxy) is 1. The van der Waals surface area contributed by atoms with E-state index in [0.29, 0.717) is 0 Å². The molecule has 0 heterocycles. The zero-order valence-electron chi connectivity index (χ0n) is 8.62. The van der Waals surface area contributed by atoms with E-state index < -0.39 is 6.10 Å². The average Bonchev–Trinajstić information content (AvgIpc) is 2.11. The van der Waals surface area contributed by atoms with E-state index in [1.165, 1.54) is 0 Å². The summed E-state index contributed by atoms with van der Waals surface area (Å²) in [6.07, 6.45) is -0.644. The highest BCUT2D eigenvalue weighted by molar-refractivity contribution is 9.10. The first-order valence-electron chi connectivity index (χ1n) is 4.61. The van der Waals surface area contributed by atoms with Crippen LogP contribution in [0.3, 0.4) is 0 Å². The topological polar surface area (TPSA) is 29.5 Å². The molecule has 0 bridgehead atoms. The number of hydrogen-bond acceptors (Lipinski definition) is 2. The molecule has 1 N–H and O–H groups in total. The summed E-state index contributed by atoms with van der Waals surface area (Å²) in [6, 6.07) is 5.78. The minimum Gasteiger partial charge on any atom is -0.488 e. The zero-order valence-corrected chi connectivity index (χ0v) is 10.2. The molecule has 0 aromatic heterocycles. The lowest BCUT2D eigenvalue weighted by atomic mass is 10.2. The van der Waals surface area contributed by atoms with Gasteiger partial charge in [-0.05, 0) is 44.5 Å². The summed E-state index contributed by atoms with van der Waals surface area (Å²) in [6.45, 7) is 5.57. The maximum atomic E-state index is 9.27. The molecule has 0 aliphatic rings. The second kappa shape index (κ2) is 4.80. The van der Waals surface area contributed by atoms with Crippen molar-refractivity contribution >= 4 is 15.9 Å². The Kier molecular flexibility index (Phi) is 3.96. The normalized spacial score (nSPS) is 14.9. The van der Waals surface area contributed by atoms with Crippen molar-refractivity contribution in [1.82, 2.24) is 0 Å². The Bertz CT molecular complexity index is 310. The van der Waals surface area contributed by atoms with Crippen LogP contribution < -0.4 is 4.74 Å². The SMILES string of the molecule is Cc1cc(OC(C)C(C)O)ccc1Br. The van der Waals surface area contributed by atoms with E-state index >= 15 is 0 Å². The Balaban J connectivity index is 2.73. The number of aliphatic hydroxyl groups is 1. The van der Waals surface area contributed by atoms with E-state index in [1.807, 2.05) is 32.0 Å². The van der Waals surface area contributed by atoms with Gasteiger partial charge in [-0.3, -0.25) is 0 Å². The summed E-state index contributed by atoms with van der Waals surface area (Å²) < 4.78 is 6.61. The third-order valence-corrected chi connectivity index (χ3v) is 3.02. The Morgan fingerprint density at radius 1 is 1.36 bits per heavy atom. The molecule has 14 heavy (non-hydrogen) atoms. The van der Waals surface area contributed by atoms with Crippen LogP contribution in [0.4, 0.5) is 0 Å². The molecule has 0 saturated heterocycles. The van der Waals surface area contributed by atoms with Gasteiger partial charge in [-0.15, -0.1) is 0 Å². The van der Waals surface area contributed by atoms with E-state index in [1.54, 1.807) is 6.92 Å². The predicted molar refractivity (Wildman–Crippen MR) is 60.6 cm³/mol. The van der Waals surface area contributed by atoms with Crippen LogP contribution in [0.15, 0.2) is 22.7 Å². The highest BCUT2D eigenvalue weighted by atomic mass is 79.9. The second-order valence-electron chi connectivity index (χ2n) is 3.47. The number of hydrogen-bond donors (Lipinski definition) is 1. The summed E-state index contributed by atoms with van der Waals surface area (Å²) in [5.41, 5.74) is 1.13. The summed E-state index contributed by atoms with van der Waals surface area (Å²) in [7, 11) is 0. The van der Waals surface area contributed by atoms with E-state index in [0.717, 1.165) is 15.8 Å². The largest absolute Gasteiger partial charge is 0.488 e. The van der Waals surface area contributed by atoms with Crippen molar-refractivity contribution in [2.24, 2.45) is 0 Å². The van der Waals surface area contributed by atoms with Gasteiger partial charge in [-0.25, -0.2) is 0 Å². The van der Waals surface area contributed by atoms with E-state index in [-0.39, 0.29) is 6.10 Å². The third kappa shape index (κ3) is 3.00. The maximum Gasteiger partial charge on any atom is 0.121 e. The predicted octanol–water partition coefficient (Wildman–Crippen LogP) is 2.91. The van der Waals surface area contributed by atoms with Gasteiger partial charge in [-0.1, -0.05) is 15.9 Å². The molecule has 0 spiro atoms. The molecule has 0 amide bonds. The number of aryl methyl sites for hydroxylation is 1. The van der Waals surface area contributed by atoms with Gasteiger partial charge in [-0.2, -0.15) is 0 Å². The highest BCUT2D eigenvalue weighted by Crippen LogP contribution is 2.22. The van der Waals surface area contributed by atoms with E-state index in [9.17, 15) is 5.11 Å². The average molecular weight is 259 g/mol. The third-order valence-electron chi connectivity index (χ3n) is 2.13. The van der Waals surface area contributed by atoms with Gasteiger partial charge in [0, 0.05) is 4.47 Å². The highest BCUT2D eigenvalue weighted by Gasteiger charge is 2.10. The molecular formula is C11H15BrO2. The lowest BCUT2D eigenvalue weighted by Gasteiger charge is -2.17. The van der Waals surface area contributed by atoms with Crippen LogP contribution in [-0.4, -0.2) is 17.3 Å². The van der Waals surface area contributed by atoms with Gasteiger partial charge in [0.2, 0.25) is 0 Å². The summed E-state index contributed by atoms with van der Waals surface area (Å²) in [4.78, 5) is 0. The smallest absolute Gasteiger partial charge is 0.121 e. The Labute approximate surface area is 93.0 Å². The minimum absolute atomic E-state index is 0.185. The number of benzene rings is 1. The van der Waals surface area contributed by atoms with Gasteiger partial charge < -0.3 is 9.84 Å². The number of halogens is 1. The quantitative estimate of drug-likeness (QED) is 0.904. The monoisotopic (exact) mass is 258 g/mol.